The van der Waals surface area contributed by atoms with E-state index in [0.717, 1.165) is 55.9 Å². The smallest absolute Gasteiger partial charge is 0.146 e. The first-order chi connectivity index (χ1) is 37.7. The van der Waals surface area contributed by atoms with Gasteiger partial charge in [0.1, 0.15) is 11.3 Å². The summed E-state index contributed by atoms with van der Waals surface area (Å²) in [5.41, 5.74) is 23.1. The predicted octanol–water partition coefficient (Wildman–Crippen LogP) is 19.1. The fraction of sp³-hybridized carbons (Fsp3) is 0. The maximum Gasteiger partial charge on any atom is 0.146 e. The Bertz CT molecular complexity index is 5310. The maximum absolute atomic E-state index is 5.72. The summed E-state index contributed by atoms with van der Waals surface area (Å²) in [6.07, 6.45) is 0. The highest BCUT2D eigenvalue weighted by Crippen LogP contribution is 2.51. The van der Waals surface area contributed by atoms with Crippen molar-refractivity contribution in [3.63, 3.8) is 0 Å². The second kappa shape index (κ2) is 14.8. The van der Waals surface area contributed by atoms with Gasteiger partial charge >= 0.3 is 0 Å². The van der Waals surface area contributed by atoms with Crippen molar-refractivity contribution in [2.45, 2.75) is 0 Å². The van der Waals surface area contributed by atoms with E-state index < -0.39 is 0 Å². The van der Waals surface area contributed by atoms with E-state index in [2.05, 4.69) is 251 Å². The number of hydrogen-bond acceptors (Lipinski definition) is 2. The van der Waals surface area contributed by atoms with Crippen LogP contribution in [0.15, 0.2) is 243 Å². The van der Waals surface area contributed by atoms with E-state index >= 15 is 0 Å². The molecule has 0 amide bonds. The summed E-state index contributed by atoms with van der Waals surface area (Å²) in [6, 6.07) is 89.7. The first-order valence-electron chi connectivity index (χ1n) is 26.2. The van der Waals surface area contributed by atoms with Crippen LogP contribution in [0.25, 0.3) is 176 Å². The van der Waals surface area contributed by atoms with Gasteiger partial charge in [-0.05, 0) is 142 Å². The first kappa shape index (κ1) is 40.3. The Kier molecular flexibility index (Phi) is 7.83. The predicted molar refractivity (Wildman–Crippen MR) is 318 cm³/mol. The first-order valence-corrected chi connectivity index (χ1v) is 26.2. The summed E-state index contributed by atoms with van der Waals surface area (Å²) in [4.78, 5) is 10.9. The van der Waals surface area contributed by atoms with Crippen molar-refractivity contribution < 1.29 is 0 Å². The quantitative estimate of drug-likeness (QED) is 0.161. The Morgan fingerprint density at radius 2 is 0.737 bits per heavy atom. The molecule has 4 nitrogen and oxygen atoms in total. The fourth-order valence-corrected chi connectivity index (χ4v) is 13.7. The molecule has 0 aliphatic heterocycles. The third-order valence-corrected chi connectivity index (χ3v) is 16.9. The van der Waals surface area contributed by atoms with Gasteiger partial charge in [0.15, 0.2) is 0 Å². The van der Waals surface area contributed by atoms with Gasteiger partial charge in [-0.3, -0.25) is 8.80 Å². The van der Waals surface area contributed by atoms with Gasteiger partial charge in [0.2, 0.25) is 0 Å². The van der Waals surface area contributed by atoms with E-state index in [1.54, 1.807) is 0 Å². The molecule has 4 heteroatoms. The summed E-state index contributed by atoms with van der Waals surface area (Å²) in [6.45, 7) is 0. The van der Waals surface area contributed by atoms with Crippen LogP contribution in [0.5, 0.6) is 0 Å². The van der Waals surface area contributed by atoms with E-state index in [1.807, 2.05) is 0 Å². The molecular weight excluding hydrogens is 921 g/mol. The molecule has 0 unspecified atom stereocenters. The summed E-state index contributed by atoms with van der Waals surface area (Å²) >= 11 is 0. The van der Waals surface area contributed by atoms with Gasteiger partial charge in [-0.2, -0.15) is 0 Å². The molecule has 6 aromatic heterocycles. The number of fused-ring (bicyclic) bond motifs is 14. The lowest BCUT2D eigenvalue weighted by Gasteiger charge is -2.16. The lowest BCUT2D eigenvalue weighted by Crippen LogP contribution is -1.92. The van der Waals surface area contributed by atoms with Crippen LogP contribution in [0, 0.1) is 0 Å². The third kappa shape index (κ3) is 5.26. The topological polar surface area (TPSA) is 34.6 Å². The zero-order chi connectivity index (χ0) is 49.3. The third-order valence-electron chi connectivity index (χ3n) is 16.9. The lowest BCUT2D eigenvalue weighted by atomic mass is 9.87. The lowest BCUT2D eigenvalue weighted by molar-refractivity contribution is 1.31. The Morgan fingerprint density at radius 1 is 0.237 bits per heavy atom. The molecule has 0 bridgehead atoms. The van der Waals surface area contributed by atoms with Crippen LogP contribution in [-0.2, 0) is 0 Å². The van der Waals surface area contributed by atoms with E-state index in [1.165, 1.54) is 120 Å². The minimum Gasteiger partial charge on any atom is -0.292 e. The molecule has 0 radical (unpaired) electrons. The zero-order valence-electron chi connectivity index (χ0n) is 40.9. The van der Waals surface area contributed by atoms with Crippen molar-refractivity contribution >= 4 is 98.0 Å². The molecule has 17 aromatic rings. The molecule has 0 saturated heterocycles. The fourth-order valence-electron chi connectivity index (χ4n) is 13.7. The second-order valence-corrected chi connectivity index (χ2v) is 20.7. The largest absolute Gasteiger partial charge is 0.292 e. The highest BCUT2D eigenvalue weighted by Gasteiger charge is 2.27. The van der Waals surface area contributed by atoms with Crippen LogP contribution in [-0.4, -0.2) is 18.8 Å². The van der Waals surface area contributed by atoms with Crippen LogP contribution in [0.3, 0.4) is 0 Å². The van der Waals surface area contributed by atoms with Crippen LogP contribution in [0.2, 0.25) is 0 Å². The van der Waals surface area contributed by atoms with Crippen LogP contribution in [0.1, 0.15) is 0 Å². The average Bonchev–Trinajstić information content (AvgIpc) is 4.42. The Hall–Kier alpha value is -10.2. The Labute approximate surface area is 435 Å². The van der Waals surface area contributed by atoms with E-state index in [9.17, 15) is 0 Å². The molecule has 0 saturated carbocycles. The van der Waals surface area contributed by atoms with Gasteiger partial charge in [-0.25, -0.2) is 9.97 Å². The number of benzene rings is 11. The van der Waals surface area contributed by atoms with Gasteiger partial charge in [0.25, 0.3) is 0 Å². The Morgan fingerprint density at radius 3 is 1.43 bits per heavy atom. The van der Waals surface area contributed by atoms with Gasteiger partial charge in [0, 0.05) is 38.2 Å². The van der Waals surface area contributed by atoms with Crippen LogP contribution in [0.4, 0.5) is 0 Å². The van der Waals surface area contributed by atoms with Crippen molar-refractivity contribution in [3.05, 3.63) is 243 Å². The second-order valence-electron chi connectivity index (χ2n) is 20.7. The molecule has 6 heterocycles. The molecule has 0 fully saturated rings. The minimum atomic E-state index is 0.959. The summed E-state index contributed by atoms with van der Waals surface area (Å²) in [5, 5.41) is 14.8. The van der Waals surface area contributed by atoms with Crippen LogP contribution < -0.4 is 0 Å². The molecule has 76 heavy (non-hydrogen) atoms. The van der Waals surface area contributed by atoms with E-state index in [4.69, 9.17) is 9.97 Å². The number of aromatic nitrogens is 4. The standard InChI is InChI=1S/C72H40N4/c1-3-15-41(16-4-1)68-70-62-38-44(30-32-52(62)64-27-14-28-66(73-68)75(64)70)58-39-60-51-24-12-11-23-50(51)59(40-61(60)49-22-10-9-21-48(49)58)57-35-36-65-53-31-29-43(37-63(53)71-69(74-72(57)76(65)71)42-17-5-2-6-18-42)45-33-34-56-47-20-8-7-19-46(47)55-26-13-25-54(45)67(55)56/h1-40H. The number of rotatable bonds is 5. The molecule has 11 aromatic carbocycles. The molecule has 1 aliphatic carbocycles. The van der Waals surface area contributed by atoms with Gasteiger partial charge in [-0.1, -0.05) is 194 Å². The zero-order valence-corrected chi connectivity index (χ0v) is 40.9. The van der Waals surface area contributed by atoms with Crippen molar-refractivity contribution in [2.75, 3.05) is 0 Å². The molecular formula is C72H40N4. The number of nitrogens with zero attached hydrogens (tertiary/aromatic N) is 4. The van der Waals surface area contributed by atoms with Gasteiger partial charge in [0.05, 0.1) is 33.5 Å². The van der Waals surface area contributed by atoms with Crippen LogP contribution >= 0.6 is 0 Å². The molecule has 1 aliphatic rings. The minimum absolute atomic E-state index is 0.959. The molecule has 18 rings (SSSR count). The van der Waals surface area contributed by atoms with Gasteiger partial charge < -0.3 is 0 Å². The van der Waals surface area contributed by atoms with Crippen molar-refractivity contribution in [1.82, 2.24) is 18.8 Å². The van der Waals surface area contributed by atoms with E-state index in [0.29, 0.717) is 0 Å². The highest BCUT2D eigenvalue weighted by molar-refractivity contribution is 6.26. The number of hydrogen-bond donors (Lipinski definition) is 0. The molecule has 0 spiro atoms. The SMILES string of the molecule is c1ccc(-c2nc3cccc4c5ccc(-c6cc7c8ccccc8c(-c8ccc9c%10ccc(-c%11ccc%12c%13c(cccc%11%13)-c%11ccccc%11-%12)cc%10c%10c(-c%11ccccc%11)nc8n9%10)cc7c7ccccc67)cc5c2n34)cc1. The highest BCUT2D eigenvalue weighted by atomic mass is 15.0. The van der Waals surface area contributed by atoms with Crippen molar-refractivity contribution in [1.29, 1.82) is 0 Å². The van der Waals surface area contributed by atoms with Gasteiger partial charge in [-0.15, -0.1) is 0 Å². The molecule has 0 atom stereocenters. The van der Waals surface area contributed by atoms with E-state index in [-0.39, 0.29) is 0 Å². The molecule has 0 N–H and O–H groups in total. The monoisotopic (exact) mass is 960 g/mol. The summed E-state index contributed by atoms with van der Waals surface area (Å²) in [5.74, 6) is 0. The summed E-state index contributed by atoms with van der Waals surface area (Å²) in [7, 11) is 0. The normalized spacial score (nSPS) is 12.5. The molecule has 348 valence electrons. The maximum atomic E-state index is 5.72. The summed E-state index contributed by atoms with van der Waals surface area (Å²) < 4.78 is 4.78. The van der Waals surface area contributed by atoms with Crippen molar-refractivity contribution in [2.24, 2.45) is 0 Å². The Balaban J connectivity index is 0.858. The number of imidazole rings is 2. The van der Waals surface area contributed by atoms with Crippen molar-refractivity contribution in [3.8, 4) is 78.1 Å². The average molecular weight is 961 g/mol. The number of pyridine rings is 2.